The average molecular weight is 478 g/mol. The first-order chi connectivity index (χ1) is 16.7. The molecule has 0 saturated carbocycles. The van der Waals surface area contributed by atoms with Crippen LogP contribution >= 0.6 is 0 Å². The van der Waals surface area contributed by atoms with Gasteiger partial charge in [0.1, 0.15) is 11.5 Å². The number of anilines is 1. The zero-order valence-electron chi connectivity index (χ0n) is 18.5. The molecule has 2 aromatic carbocycles. The fourth-order valence-corrected chi connectivity index (χ4v) is 3.78. The first kappa shape index (κ1) is 25.0. The third kappa shape index (κ3) is 4.56. The van der Waals surface area contributed by atoms with E-state index in [-0.39, 0.29) is 28.1 Å². The zero-order valence-corrected chi connectivity index (χ0v) is 18.5. The number of methoxy groups -OCH3 is 2. The summed E-state index contributed by atoms with van der Waals surface area (Å²) in [6.07, 6.45) is 0. The van der Waals surface area contributed by atoms with Gasteiger partial charge in [-0.05, 0) is 17.1 Å². The number of non-ortho nitro benzene ring substituents is 1. The summed E-state index contributed by atoms with van der Waals surface area (Å²) in [5.74, 6) is -3.48. The second-order valence-corrected chi connectivity index (χ2v) is 7.25. The Balaban J connectivity index is 2.46. The first-order valence-electron chi connectivity index (χ1n) is 9.97. The minimum atomic E-state index is -2.11. The molecular weight excluding hydrogens is 459 g/mol. The summed E-state index contributed by atoms with van der Waals surface area (Å²) in [5.41, 5.74) is 4.81. The van der Waals surface area contributed by atoms with E-state index in [4.69, 9.17) is 15.2 Å². The van der Waals surface area contributed by atoms with Crippen LogP contribution in [0.25, 0.3) is 0 Å². The second kappa shape index (κ2) is 10.1. The molecule has 1 atom stereocenters. The lowest BCUT2D eigenvalue weighted by molar-refractivity contribution is -0.384. The molecular formula is C22H19BN4O8. The van der Waals surface area contributed by atoms with Gasteiger partial charge in [-0.2, -0.15) is 5.26 Å². The Bertz CT molecular complexity index is 1300. The van der Waals surface area contributed by atoms with Gasteiger partial charge in [0, 0.05) is 12.1 Å². The molecule has 1 aliphatic rings. The molecule has 13 heteroatoms. The van der Waals surface area contributed by atoms with Gasteiger partial charge in [0.2, 0.25) is 0 Å². The van der Waals surface area contributed by atoms with Crippen molar-refractivity contribution in [1.29, 1.82) is 5.26 Å². The molecule has 0 amide bonds. The Morgan fingerprint density at radius 1 is 1.14 bits per heavy atom. The Morgan fingerprint density at radius 3 is 2.29 bits per heavy atom. The maximum atomic E-state index is 13.0. The lowest BCUT2D eigenvalue weighted by Crippen LogP contribution is -2.41. The number of carbonyl (C=O) groups excluding carboxylic acids is 2. The van der Waals surface area contributed by atoms with Gasteiger partial charge in [0.25, 0.3) is 5.69 Å². The molecule has 178 valence electrons. The molecule has 0 spiro atoms. The maximum Gasteiger partial charge on any atom is 0.488 e. The summed E-state index contributed by atoms with van der Waals surface area (Å²) < 4.78 is 9.79. The number of rotatable bonds is 6. The molecule has 2 aromatic rings. The highest BCUT2D eigenvalue weighted by atomic mass is 16.6. The summed E-state index contributed by atoms with van der Waals surface area (Å²) in [6, 6.07) is 13.3. The van der Waals surface area contributed by atoms with Crippen molar-refractivity contribution < 1.29 is 34.0 Å². The van der Waals surface area contributed by atoms with Crippen molar-refractivity contribution in [3.63, 3.8) is 0 Å². The van der Waals surface area contributed by atoms with Crippen LogP contribution in [-0.4, -0.2) is 48.2 Å². The van der Waals surface area contributed by atoms with Crippen molar-refractivity contribution in [2.24, 2.45) is 5.73 Å². The Labute approximate surface area is 199 Å². The van der Waals surface area contributed by atoms with Crippen molar-refractivity contribution in [2.45, 2.75) is 5.92 Å². The van der Waals surface area contributed by atoms with Crippen LogP contribution in [-0.2, 0) is 19.1 Å². The number of hydrogen-bond acceptors (Lipinski definition) is 11. The molecule has 12 nitrogen and oxygen atoms in total. The predicted octanol–water partition coefficient (Wildman–Crippen LogP) is 0.172. The SMILES string of the molecule is COC(=O)C1=C(C(=O)OC)N(c2cc(B(O)O)cc([N+](=O)[O-])c2)C(N)=C(C#N)C1c1ccccc1. The van der Waals surface area contributed by atoms with E-state index in [0.717, 1.165) is 37.3 Å². The number of nitro benzene ring substituents is 1. The molecule has 1 heterocycles. The molecule has 4 N–H and O–H groups in total. The van der Waals surface area contributed by atoms with Crippen LogP contribution < -0.4 is 16.1 Å². The van der Waals surface area contributed by atoms with E-state index in [2.05, 4.69) is 0 Å². The normalized spacial score (nSPS) is 15.4. The molecule has 0 aliphatic carbocycles. The Morgan fingerprint density at radius 2 is 1.77 bits per heavy atom. The minimum Gasteiger partial charge on any atom is -0.466 e. The molecule has 35 heavy (non-hydrogen) atoms. The third-order valence-corrected chi connectivity index (χ3v) is 5.30. The van der Waals surface area contributed by atoms with E-state index >= 15 is 0 Å². The summed E-state index contributed by atoms with van der Waals surface area (Å²) in [6.45, 7) is 0. The molecule has 0 saturated heterocycles. The topological polar surface area (TPSA) is 189 Å². The van der Waals surface area contributed by atoms with Gasteiger partial charge in [-0.15, -0.1) is 0 Å². The highest BCUT2D eigenvalue weighted by Crippen LogP contribution is 2.43. The van der Waals surface area contributed by atoms with Gasteiger partial charge in [-0.1, -0.05) is 30.3 Å². The van der Waals surface area contributed by atoms with E-state index < -0.39 is 41.3 Å². The quantitative estimate of drug-likeness (QED) is 0.222. The fourth-order valence-electron chi connectivity index (χ4n) is 3.78. The van der Waals surface area contributed by atoms with Crippen LogP contribution in [0.1, 0.15) is 11.5 Å². The van der Waals surface area contributed by atoms with Crippen LogP contribution in [0.3, 0.4) is 0 Å². The monoisotopic (exact) mass is 478 g/mol. The van der Waals surface area contributed by atoms with Crippen molar-refractivity contribution in [3.8, 4) is 6.07 Å². The molecule has 0 fully saturated rings. The van der Waals surface area contributed by atoms with Crippen LogP contribution in [0.2, 0.25) is 0 Å². The number of esters is 2. The summed E-state index contributed by atoms with van der Waals surface area (Å²) in [7, 11) is 0.0234. The molecule has 3 rings (SSSR count). The van der Waals surface area contributed by atoms with E-state index in [1.165, 1.54) is 0 Å². The number of allylic oxidation sites excluding steroid dienone is 1. The van der Waals surface area contributed by atoms with Crippen molar-refractivity contribution >= 4 is 35.9 Å². The van der Waals surface area contributed by atoms with E-state index in [0.29, 0.717) is 5.56 Å². The van der Waals surface area contributed by atoms with Crippen LogP contribution in [0, 0.1) is 21.4 Å². The lowest BCUT2D eigenvalue weighted by atomic mass is 9.79. The van der Waals surface area contributed by atoms with Gasteiger partial charge in [0.05, 0.1) is 48.0 Å². The molecule has 0 radical (unpaired) electrons. The van der Waals surface area contributed by atoms with E-state index in [9.17, 15) is 35.0 Å². The molecule has 0 bridgehead atoms. The highest BCUT2D eigenvalue weighted by molar-refractivity contribution is 6.58. The van der Waals surface area contributed by atoms with Crippen molar-refractivity contribution in [3.05, 3.63) is 86.9 Å². The highest BCUT2D eigenvalue weighted by Gasteiger charge is 2.43. The first-order valence-corrected chi connectivity index (χ1v) is 9.97. The van der Waals surface area contributed by atoms with Gasteiger partial charge in [-0.25, -0.2) is 9.59 Å². The number of benzene rings is 2. The summed E-state index contributed by atoms with van der Waals surface area (Å²) in [5, 5.41) is 40.8. The van der Waals surface area contributed by atoms with Crippen molar-refractivity contribution in [2.75, 3.05) is 19.1 Å². The molecule has 0 aromatic heterocycles. The smallest absolute Gasteiger partial charge is 0.466 e. The lowest BCUT2D eigenvalue weighted by Gasteiger charge is -2.36. The van der Waals surface area contributed by atoms with Gasteiger partial charge in [0.15, 0.2) is 0 Å². The second-order valence-electron chi connectivity index (χ2n) is 7.25. The number of hydrogen-bond donors (Lipinski definition) is 3. The largest absolute Gasteiger partial charge is 0.488 e. The minimum absolute atomic E-state index is 0.151. The zero-order chi connectivity index (χ0) is 25.9. The number of nitrogens with two attached hydrogens (primary N) is 1. The summed E-state index contributed by atoms with van der Waals surface area (Å²) in [4.78, 5) is 37.6. The van der Waals surface area contributed by atoms with Gasteiger partial charge in [-0.3, -0.25) is 15.0 Å². The van der Waals surface area contributed by atoms with Crippen LogP contribution in [0.4, 0.5) is 11.4 Å². The molecule has 1 unspecified atom stereocenters. The Kier molecular flexibility index (Phi) is 7.19. The van der Waals surface area contributed by atoms with E-state index in [1.807, 2.05) is 6.07 Å². The van der Waals surface area contributed by atoms with Crippen molar-refractivity contribution in [1.82, 2.24) is 0 Å². The third-order valence-electron chi connectivity index (χ3n) is 5.30. The maximum absolute atomic E-state index is 13.0. The predicted molar refractivity (Wildman–Crippen MR) is 122 cm³/mol. The van der Waals surface area contributed by atoms with Gasteiger partial charge < -0.3 is 25.3 Å². The molecule has 1 aliphatic heterocycles. The van der Waals surface area contributed by atoms with E-state index in [1.54, 1.807) is 30.3 Å². The standard InChI is InChI=1S/C22H19BN4O8/c1-34-21(28)18-17(12-6-4-3-5-7-12)16(11-24)20(25)26(19(18)22(29)35-2)14-8-13(23(30)31)9-15(10-14)27(32)33/h3-10,17,30-31H,25H2,1-2H3. The number of nitro groups is 1. The number of nitriles is 1. The Hall–Kier alpha value is -4.67. The number of nitrogens with zero attached hydrogens (tertiary/aromatic N) is 3. The fraction of sp³-hybridized carbons (Fsp3) is 0.136. The van der Waals surface area contributed by atoms with Crippen LogP contribution in [0.5, 0.6) is 0 Å². The summed E-state index contributed by atoms with van der Waals surface area (Å²) >= 11 is 0. The average Bonchev–Trinajstić information content (AvgIpc) is 2.86. The van der Waals surface area contributed by atoms with Crippen LogP contribution in [0.15, 0.2) is 71.2 Å². The van der Waals surface area contributed by atoms with Gasteiger partial charge >= 0.3 is 19.1 Å². The number of ether oxygens (including phenoxy) is 2. The number of carbonyl (C=O) groups is 2.